The van der Waals surface area contributed by atoms with Gasteiger partial charge in [0, 0.05) is 47.8 Å². The first-order chi connectivity index (χ1) is 30.1. The van der Waals surface area contributed by atoms with Gasteiger partial charge in [0.05, 0.1) is 0 Å². The van der Waals surface area contributed by atoms with Crippen LogP contribution in [-0.4, -0.2) is 78.1 Å². The van der Waals surface area contributed by atoms with E-state index in [4.69, 9.17) is 9.47 Å². The van der Waals surface area contributed by atoms with Gasteiger partial charge in [-0.05, 0) is 135 Å². The van der Waals surface area contributed by atoms with Gasteiger partial charge in [0.25, 0.3) is 0 Å². The lowest BCUT2D eigenvalue weighted by molar-refractivity contribution is -0.188. The number of ether oxygens (including phenoxy) is 2. The van der Waals surface area contributed by atoms with Crippen LogP contribution in [0.3, 0.4) is 0 Å². The molecule has 0 aliphatic carbocycles. The van der Waals surface area contributed by atoms with E-state index in [1.807, 2.05) is 163 Å². The largest absolute Gasteiger partial charge is 0.507 e. The van der Waals surface area contributed by atoms with Gasteiger partial charge in [-0.1, -0.05) is 121 Å². The van der Waals surface area contributed by atoms with Crippen molar-refractivity contribution in [1.29, 1.82) is 0 Å². The highest BCUT2D eigenvalue weighted by molar-refractivity contribution is 6.01. The molecule has 2 fully saturated rings. The maximum atomic E-state index is 16.0. The fraction of sp³-hybridized carbons (Fsp3) is 0.649. The van der Waals surface area contributed by atoms with Crippen LogP contribution < -0.4 is 0 Å². The van der Waals surface area contributed by atoms with E-state index in [1.165, 1.54) is 12.2 Å². The van der Waals surface area contributed by atoms with Crippen molar-refractivity contribution < 1.29 is 38.9 Å². The van der Waals surface area contributed by atoms with Gasteiger partial charge < -0.3 is 29.5 Å². The molecule has 2 aromatic carbocycles. The van der Waals surface area contributed by atoms with Gasteiger partial charge in [0.15, 0.2) is 5.41 Å². The molecule has 372 valence electrons. The first kappa shape index (κ1) is 55.0. The highest BCUT2D eigenvalue weighted by Gasteiger charge is 2.56. The topological polar surface area (TPSA) is 134 Å². The number of likely N-dealkylation sites (tertiary alicyclic amines) is 2. The highest BCUT2D eigenvalue weighted by Crippen LogP contribution is 2.48. The second kappa shape index (κ2) is 18.0. The Morgan fingerprint density at radius 1 is 0.522 bits per heavy atom. The van der Waals surface area contributed by atoms with Gasteiger partial charge in [0.1, 0.15) is 23.7 Å². The molecule has 2 aliphatic rings. The Morgan fingerprint density at radius 3 is 0.940 bits per heavy atom. The summed E-state index contributed by atoms with van der Waals surface area (Å²) in [5.74, 6) is -1.65. The quantitative estimate of drug-likeness (QED) is 0.137. The monoisotopic (exact) mass is 927 g/mol. The van der Waals surface area contributed by atoms with E-state index >= 15 is 9.59 Å². The first-order valence-corrected chi connectivity index (χ1v) is 24.1. The zero-order valence-corrected chi connectivity index (χ0v) is 45.0. The Morgan fingerprint density at radius 2 is 0.746 bits per heavy atom. The molecule has 10 nitrogen and oxygen atoms in total. The third-order valence-electron chi connectivity index (χ3n) is 14.0. The molecule has 0 spiro atoms. The Kier molecular flexibility index (Phi) is 14.8. The third kappa shape index (κ3) is 11.5. The molecule has 0 bridgehead atoms. The molecule has 10 heteroatoms. The molecule has 2 saturated heterocycles. The molecule has 2 aliphatic heterocycles. The Balaban J connectivity index is 2.11. The van der Waals surface area contributed by atoms with Gasteiger partial charge in [-0.15, -0.1) is 0 Å². The second-order valence-electron chi connectivity index (χ2n) is 26.4. The van der Waals surface area contributed by atoms with Crippen molar-refractivity contribution >= 4 is 23.8 Å². The maximum Gasteiger partial charge on any atom is 0.324 e. The summed E-state index contributed by atoms with van der Waals surface area (Å²) in [5.41, 5.74) is -3.15. The molecule has 2 amide bonds. The number of aromatic hydroxyl groups is 2. The minimum Gasteiger partial charge on any atom is -0.507 e. The number of benzene rings is 2. The number of hydrogen-bond donors (Lipinski definition) is 2. The van der Waals surface area contributed by atoms with Crippen molar-refractivity contribution in [3.63, 3.8) is 0 Å². The predicted molar refractivity (Wildman–Crippen MR) is 269 cm³/mol. The highest BCUT2D eigenvalue weighted by atomic mass is 16.6. The zero-order chi connectivity index (χ0) is 51.6. The van der Waals surface area contributed by atoms with E-state index in [2.05, 4.69) is 13.2 Å². The van der Waals surface area contributed by atoms with Crippen LogP contribution in [0.15, 0.2) is 49.6 Å². The normalized spacial score (nSPS) is 19.1. The summed E-state index contributed by atoms with van der Waals surface area (Å²) in [6.45, 7) is 47.3. The molecular formula is C57H86N2O8. The molecule has 0 aromatic heterocycles. The molecule has 4 rings (SSSR count). The van der Waals surface area contributed by atoms with E-state index in [1.54, 1.807) is 9.80 Å². The van der Waals surface area contributed by atoms with Crippen LogP contribution >= 0.6 is 0 Å². The van der Waals surface area contributed by atoms with Gasteiger partial charge in [0.2, 0.25) is 11.8 Å². The SMILES string of the molecule is C=CC(=O)N1C(C)(C)CC(OC(=O)C(Cc2cc(C(C)(C)C)c(O)c(C(C)(C)C)c2)(Cc2cc(C(C)(C)C)c(O)c(C(C)(C)C)c2)C(=O)OC2CC(C)(C)N(C(=O)C=C)C(C)(C)C2)CC1(C)C. The minimum atomic E-state index is -2.02. The summed E-state index contributed by atoms with van der Waals surface area (Å²) in [6, 6.07) is 7.59. The predicted octanol–water partition coefficient (Wildman–Crippen LogP) is 11.6. The van der Waals surface area contributed by atoms with Crippen molar-refractivity contribution in [1.82, 2.24) is 9.80 Å². The summed E-state index contributed by atoms with van der Waals surface area (Å²) in [7, 11) is 0. The lowest BCUT2D eigenvalue weighted by Crippen LogP contribution is -2.64. The van der Waals surface area contributed by atoms with Gasteiger partial charge >= 0.3 is 11.9 Å². The summed E-state index contributed by atoms with van der Waals surface area (Å²) < 4.78 is 13.5. The van der Waals surface area contributed by atoms with Crippen molar-refractivity contribution in [3.8, 4) is 11.5 Å². The summed E-state index contributed by atoms with van der Waals surface area (Å²) >= 11 is 0. The number of piperidine rings is 2. The van der Waals surface area contributed by atoms with E-state index in [9.17, 15) is 19.8 Å². The van der Waals surface area contributed by atoms with Crippen LogP contribution in [0.1, 0.15) is 198 Å². The van der Waals surface area contributed by atoms with Crippen LogP contribution in [-0.2, 0) is 63.2 Å². The summed E-state index contributed by atoms with van der Waals surface area (Å²) in [4.78, 5) is 62.4. The van der Waals surface area contributed by atoms with Crippen LogP contribution in [0.5, 0.6) is 11.5 Å². The lowest BCUT2D eigenvalue weighted by atomic mass is 9.71. The van der Waals surface area contributed by atoms with Crippen molar-refractivity contribution in [2.75, 3.05) is 0 Å². The number of carbonyl (C=O) groups excluding carboxylic acids is 4. The Labute approximate surface area is 404 Å². The van der Waals surface area contributed by atoms with Crippen molar-refractivity contribution in [3.05, 3.63) is 83.0 Å². The van der Waals surface area contributed by atoms with Crippen molar-refractivity contribution in [2.24, 2.45) is 5.41 Å². The minimum absolute atomic E-state index is 0.144. The molecule has 0 atom stereocenters. The standard InChI is InChI=1S/C57H86N2O8/c1-23-43(60)58-53(15,16)31-37(32-54(58,17)18)66-47(64)57(29-35-25-39(49(3,4)5)45(62)40(26-35)50(6,7)8,30-36-27-41(51(9,10)11)46(63)42(28-36)52(12,13)14)48(65)67-38-33-55(19,20)59(44(61)24-2)56(21,22)34-38/h23-28,37-38,62-63H,1-2,29-34H2,3-22H3. The molecule has 2 N–H and O–H groups in total. The molecular weight excluding hydrogens is 841 g/mol. The number of amides is 2. The van der Waals surface area contributed by atoms with E-state index in [0.717, 1.165) is 0 Å². The zero-order valence-electron chi connectivity index (χ0n) is 45.0. The average molecular weight is 927 g/mol. The number of phenolic OH excluding ortho intramolecular Hbond substituents is 2. The molecule has 67 heavy (non-hydrogen) atoms. The number of rotatable bonds is 10. The summed E-state index contributed by atoms with van der Waals surface area (Å²) in [5, 5.41) is 23.8. The second-order valence-corrected chi connectivity index (χ2v) is 26.4. The average Bonchev–Trinajstić information content (AvgIpc) is 3.11. The lowest BCUT2D eigenvalue weighted by Gasteiger charge is -2.55. The number of nitrogens with zero attached hydrogens (tertiary/aromatic N) is 2. The van der Waals surface area contributed by atoms with E-state index < -0.39 is 73.4 Å². The molecule has 2 heterocycles. The van der Waals surface area contributed by atoms with Crippen molar-refractivity contribution in [2.45, 2.75) is 233 Å². The molecule has 2 aromatic rings. The van der Waals surface area contributed by atoms with Crippen LogP contribution in [0.4, 0.5) is 0 Å². The van der Waals surface area contributed by atoms with Crippen LogP contribution in [0, 0.1) is 5.41 Å². The maximum absolute atomic E-state index is 16.0. The fourth-order valence-electron chi connectivity index (χ4n) is 11.5. The van der Waals surface area contributed by atoms with Gasteiger partial charge in [-0.3, -0.25) is 19.2 Å². The smallest absolute Gasteiger partial charge is 0.324 e. The summed E-state index contributed by atoms with van der Waals surface area (Å²) in [6.07, 6.45) is 2.13. The van der Waals surface area contributed by atoms with Gasteiger partial charge in [-0.25, -0.2) is 0 Å². The van der Waals surface area contributed by atoms with E-state index in [0.29, 0.717) is 59.1 Å². The molecule has 0 unspecified atom stereocenters. The van der Waals surface area contributed by atoms with E-state index in [-0.39, 0.29) is 36.2 Å². The Bertz CT molecular complexity index is 2000. The van der Waals surface area contributed by atoms with Crippen LogP contribution in [0.2, 0.25) is 0 Å². The number of phenols is 2. The molecule has 0 saturated carbocycles. The Hall–Kier alpha value is -4.60. The van der Waals surface area contributed by atoms with Crippen LogP contribution in [0.25, 0.3) is 0 Å². The number of hydrogen-bond acceptors (Lipinski definition) is 8. The molecule has 0 radical (unpaired) electrons. The number of esters is 2. The van der Waals surface area contributed by atoms with Gasteiger partial charge in [-0.2, -0.15) is 0 Å². The first-order valence-electron chi connectivity index (χ1n) is 24.1. The number of carbonyl (C=O) groups is 4. The third-order valence-corrected chi connectivity index (χ3v) is 14.0. The fourth-order valence-corrected chi connectivity index (χ4v) is 11.5.